The minimum absolute atomic E-state index is 0.155. The fourth-order valence-corrected chi connectivity index (χ4v) is 2.95. The van der Waals surface area contributed by atoms with Gasteiger partial charge in [0.05, 0.1) is 6.42 Å². The molecule has 4 heteroatoms. The van der Waals surface area contributed by atoms with E-state index in [4.69, 9.17) is 23.2 Å². The molecule has 2 rings (SSSR count). The van der Waals surface area contributed by atoms with E-state index in [0.717, 1.165) is 24.9 Å². The molecule has 1 aliphatic heterocycles. The number of hydrogen-bond acceptors (Lipinski definition) is 1. The lowest BCUT2D eigenvalue weighted by molar-refractivity contribution is -0.133. The quantitative estimate of drug-likeness (QED) is 0.779. The lowest BCUT2D eigenvalue weighted by Crippen LogP contribution is -2.45. The van der Waals surface area contributed by atoms with Gasteiger partial charge in [0.15, 0.2) is 0 Å². The van der Waals surface area contributed by atoms with Crippen LogP contribution in [0, 0.1) is 0 Å². The van der Waals surface area contributed by atoms with Crippen LogP contribution in [0.2, 0.25) is 5.02 Å². The zero-order chi connectivity index (χ0) is 13.0. The van der Waals surface area contributed by atoms with Gasteiger partial charge in [0, 0.05) is 23.5 Å². The minimum Gasteiger partial charge on any atom is -0.338 e. The van der Waals surface area contributed by atoms with E-state index in [-0.39, 0.29) is 11.9 Å². The zero-order valence-corrected chi connectivity index (χ0v) is 11.8. The summed E-state index contributed by atoms with van der Waals surface area (Å²) in [6.07, 6.45) is 3.67. The highest BCUT2D eigenvalue weighted by molar-refractivity contribution is 6.30. The summed E-state index contributed by atoms with van der Waals surface area (Å²) in [6, 6.07) is 7.67. The summed E-state index contributed by atoms with van der Waals surface area (Å²) in [7, 11) is 0. The fraction of sp³-hybridized carbons (Fsp3) is 0.500. The van der Waals surface area contributed by atoms with Gasteiger partial charge in [0.1, 0.15) is 0 Å². The maximum Gasteiger partial charge on any atom is 0.227 e. The SMILES string of the molecule is O=C(Cc1cccc(Cl)c1)N1CCCCC1CCl. The van der Waals surface area contributed by atoms with Crippen LogP contribution < -0.4 is 0 Å². The lowest BCUT2D eigenvalue weighted by Gasteiger charge is -2.34. The Morgan fingerprint density at radius 3 is 2.94 bits per heavy atom. The molecule has 0 spiro atoms. The Hall–Kier alpha value is -0.730. The first-order chi connectivity index (χ1) is 8.70. The molecule has 0 saturated carbocycles. The first kappa shape index (κ1) is 13.7. The van der Waals surface area contributed by atoms with E-state index >= 15 is 0 Å². The normalized spacial score (nSPS) is 19.9. The first-order valence-electron chi connectivity index (χ1n) is 6.30. The van der Waals surface area contributed by atoms with E-state index in [0.29, 0.717) is 17.3 Å². The molecule has 1 unspecified atom stereocenters. The van der Waals surface area contributed by atoms with Crippen molar-refractivity contribution >= 4 is 29.1 Å². The molecule has 0 aliphatic carbocycles. The van der Waals surface area contributed by atoms with Gasteiger partial charge in [0.25, 0.3) is 0 Å². The largest absolute Gasteiger partial charge is 0.338 e. The lowest BCUT2D eigenvalue weighted by atomic mass is 10.0. The monoisotopic (exact) mass is 285 g/mol. The molecule has 0 N–H and O–H groups in total. The third kappa shape index (κ3) is 3.39. The molecule has 1 aromatic rings. The molecule has 1 amide bonds. The highest BCUT2D eigenvalue weighted by atomic mass is 35.5. The van der Waals surface area contributed by atoms with E-state index < -0.39 is 0 Å². The number of nitrogens with zero attached hydrogens (tertiary/aromatic N) is 1. The van der Waals surface area contributed by atoms with Crippen molar-refractivity contribution in [2.24, 2.45) is 0 Å². The van der Waals surface area contributed by atoms with Gasteiger partial charge in [-0.2, -0.15) is 0 Å². The van der Waals surface area contributed by atoms with Gasteiger partial charge < -0.3 is 4.90 Å². The summed E-state index contributed by atoms with van der Waals surface area (Å²) >= 11 is 11.9. The topological polar surface area (TPSA) is 20.3 Å². The number of carbonyl (C=O) groups is 1. The average molecular weight is 286 g/mol. The number of benzene rings is 1. The van der Waals surface area contributed by atoms with Crippen LogP contribution in [0.1, 0.15) is 24.8 Å². The smallest absolute Gasteiger partial charge is 0.227 e. The first-order valence-corrected chi connectivity index (χ1v) is 7.22. The number of hydrogen-bond donors (Lipinski definition) is 0. The fourth-order valence-electron chi connectivity index (χ4n) is 2.41. The molecule has 1 atom stereocenters. The van der Waals surface area contributed by atoms with Gasteiger partial charge >= 0.3 is 0 Å². The van der Waals surface area contributed by atoms with Crippen LogP contribution in [0.25, 0.3) is 0 Å². The second kappa shape index (κ2) is 6.44. The van der Waals surface area contributed by atoms with Crippen molar-refractivity contribution < 1.29 is 4.79 Å². The van der Waals surface area contributed by atoms with Crippen molar-refractivity contribution in [2.75, 3.05) is 12.4 Å². The molecule has 0 aromatic heterocycles. The van der Waals surface area contributed by atoms with E-state index in [1.807, 2.05) is 29.2 Å². The minimum atomic E-state index is 0.155. The van der Waals surface area contributed by atoms with Gasteiger partial charge in [-0.3, -0.25) is 4.79 Å². The summed E-state index contributed by atoms with van der Waals surface area (Å²) in [5.74, 6) is 0.684. The Bertz CT molecular complexity index is 422. The maximum absolute atomic E-state index is 12.3. The highest BCUT2D eigenvalue weighted by Gasteiger charge is 2.25. The molecule has 98 valence electrons. The van der Waals surface area contributed by atoms with Crippen molar-refractivity contribution in [1.82, 2.24) is 4.90 Å². The molecule has 18 heavy (non-hydrogen) atoms. The molecule has 0 bridgehead atoms. The third-order valence-corrected chi connectivity index (χ3v) is 3.96. The zero-order valence-electron chi connectivity index (χ0n) is 10.2. The van der Waals surface area contributed by atoms with Crippen molar-refractivity contribution in [2.45, 2.75) is 31.7 Å². The van der Waals surface area contributed by atoms with Gasteiger partial charge in [-0.25, -0.2) is 0 Å². The number of alkyl halides is 1. The molecular weight excluding hydrogens is 269 g/mol. The number of rotatable bonds is 3. The second-order valence-corrected chi connectivity index (χ2v) is 5.44. The standard InChI is InChI=1S/C14H17Cl2NO/c15-10-13-6-1-2-7-17(13)14(18)9-11-4-3-5-12(16)8-11/h3-5,8,13H,1-2,6-7,9-10H2. The Kier molecular flexibility index (Phi) is 4.90. The predicted octanol–water partition coefficient (Wildman–Crippen LogP) is 3.50. The predicted molar refractivity (Wildman–Crippen MR) is 75.2 cm³/mol. The summed E-state index contributed by atoms with van der Waals surface area (Å²) < 4.78 is 0. The number of likely N-dealkylation sites (tertiary alicyclic amines) is 1. The molecule has 1 heterocycles. The average Bonchev–Trinajstić information content (AvgIpc) is 2.38. The van der Waals surface area contributed by atoms with Gasteiger partial charge in [-0.15, -0.1) is 11.6 Å². The number of halogens is 2. The Balaban J connectivity index is 2.02. The molecule has 2 nitrogen and oxygen atoms in total. The van der Waals surface area contributed by atoms with E-state index in [2.05, 4.69) is 0 Å². The third-order valence-electron chi connectivity index (χ3n) is 3.37. The van der Waals surface area contributed by atoms with E-state index in [1.165, 1.54) is 6.42 Å². The Labute approximate surface area is 118 Å². The van der Waals surface area contributed by atoms with Gasteiger partial charge in [-0.1, -0.05) is 23.7 Å². The number of piperidine rings is 1. The maximum atomic E-state index is 12.3. The summed E-state index contributed by atoms with van der Waals surface area (Å²) in [6.45, 7) is 0.830. The summed E-state index contributed by atoms with van der Waals surface area (Å²) in [4.78, 5) is 14.2. The second-order valence-electron chi connectivity index (χ2n) is 4.70. The number of carbonyl (C=O) groups excluding carboxylic acids is 1. The van der Waals surface area contributed by atoms with Crippen LogP contribution in [0.15, 0.2) is 24.3 Å². The van der Waals surface area contributed by atoms with Crippen LogP contribution in [-0.2, 0) is 11.2 Å². The van der Waals surface area contributed by atoms with Gasteiger partial charge in [0.2, 0.25) is 5.91 Å². The van der Waals surface area contributed by atoms with Crippen LogP contribution in [0.4, 0.5) is 0 Å². The van der Waals surface area contributed by atoms with Crippen molar-refractivity contribution in [1.29, 1.82) is 0 Å². The van der Waals surface area contributed by atoms with Crippen LogP contribution >= 0.6 is 23.2 Å². The molecule has 0 radical (unpaired) electrons. The van der Waals surface area contributed by atoms with E-state index in [1.54, 1.807) is 0 Å². The molecule has 1 aromatic carbocycles. The summed E-state index contributed by atoms with van der Waals surface area (Å²) in [5.41, 5.74) is 0.964. The van der Waals surface area contributed by atoms with Crippen LogP contribution in [0.5, 0.6) is 0 Å². The highest BCUT2D eigenvalue weighted by Crippen LogP contribution is 2.20. The van der Waals surface area contributed by atoms with Crippen molar-refractivity contribution in [3.63, 3.8) is 0 Å². The Morgan fingerprint density at radius 2 is 2.22 bits per heavy atom. The number of amides is 1. The summed E-state index contributed by atoms with van der Waals surface area (Å²) in [5, 5.41) is 0.674. The molecule has 1 saturated heterocycles. The van der Waals surface area contributed by atoms with Crippen molar-refractivity contribution in [3.8, 4) is 0 Å². The molecule has 1 fully saturated rings. The van der Waals surface area contributed by atoms with Crippen LogP contribution in [0.3, 0.4) is 0 Å². The van der Waals surface area contributed by atoms with Crippen LogP contribution in [-0.4, -0.2) is 29.3 Å². The molecule has 1 aliphatic rings. The van der Waals surface area contributed by atoms with Gasteiger partial charge in [-0.05, 0) is 37.0 Å². The molecular formula is C14H17Cl2NO. The van der Waals surface area contributed by atoms with Crippen molar-refractivity contribution in [3.05, 3.63) is 34.9 Å². The Morgan fingerprint density at radius 1 is 1.39 bits per heavy atom. The van der Waals surface area contributed by atoms with E-state index in [9.17, 15) is 4.79 Å².